The third-order valence-corrected chi connectivity index (χ3v) is 2.74. The highest BCUT2D eigenvalue weighted by atomic mass is 35.5. The van der Waals surface area contributed by atoms with E-state index in [-0.39, 0.29) is 10.8 Å². The minimum atomic E-state index is -4.85. The molecular weight excluding hydrogens is 326 g/mol. The van der Waals surface area contributed by atoms with Crippen LogP contribution >= 0.6 is 11.6 Å². The monoisotopic (exact) mass is 333 g/mol. The van der Waals surface area contributed by atoms with Crippen LogP contribution in [0, 0.1) is 5.82 Å². The minimum absolute atomic E-state index is 0.114. The molecule has 0 bridgehead atoms. The van der Waals surface area contributed by atoms with E-state index < -0.39 is 29.3 Å². The molecule has 0 spiro atoms. The molecule has 0 aliphatic rings. The quantitative estimate of drug-likeness (QED) is 0.626. The van der Waals surface area contributed by atoms with Gasteiger partial charge >= 0.3 is 12.2 Å². The normalized spacial score (nSPS) is 11.1. The van der Waals surface area contributed by atoms with Crippen molar-refractivity contribution in [2.75, 3.05) is 10.6 Å². The van der Waals surface area contributed by atoms with Crippen LogP contribution < -0.4 is 10.6 Å². The second-order valence-electron chi connectivity index (χ2n) is 4.11. The molecule has 2 aromatic rings. The number of aromatic nitrogens is 1. The van der Waals surface area contributed by atoms with Gasteiger partial charge in [-0.3, -0.25) is 0 Å². The lowest BCUT2D eigenvalue weighted by molar-refractivity contribution is -0.139. The molecule has 0 saturated heterocycles. The molecule has 0 aliphatic heterocycles. The van der Waals surface area contributed by atoms with Crippen molar-refractivity contribution in [2.45, 2.75) is 6.18 Å². The molecule has 1 aromatic carbocycles. The third-order valence-electron chi connectivity index (χ3n) is 2.54. The number of anilines is 2. The van der Waals surface area contributed by atoms with Gasteiger partial charge in [0.05, 0.1) is 11.3 Å². The summed E-state index contributed by atoms with van der Waals surface area (Å²) in [5.41, 5.74) is -1.80. The number of rotatable bonds is 2. The molecule has 0 unspecified atom stereocenters. The molecule has 9 heteroatoms. The van der Waals surface area contributed by atoms with Gasteiger partial charge in [-0.2, -0.15) is 13.2 Å². The van der Waals surface area contributed by atoms with Crippen molar-refractivity contribution in [1.29, 1.82) is 0 Å². The SMILES string of the molecule is O=C(Nc1ccnc(Cl)c1)Nc1cccc(C(F)(F)F)c1F. The number of benzene rings is 1. The number of amides is 2. The van der Waals surface area contributed by atoms with E-state index in [1.165, 1.54) is 18.3 Å². The summed E-state index contributed by atoms with van der Waals surface area (Å²) in [6, 6.07) is 4.41. The third kappa shape index (κ3) is 3.85. The molecule has 0 atom stereocenters. The van der Waals surface area contributed by atoms with E-state index in [9.17, 15) is 22.4 Å². The van der Waals surface area contributed by atoms with Crippen molar-refractivity contribution in [3.8, 4) is 0 Å². The molecule has 22 heavy (non-hydrogen) atoms. The van der Waals surface area contributed by atoms with E-state index in [2.05, 4.69) is 10.3 Å². The Bertz CT molecular complexity index is 706. The fourth-order valence-electron chi connectivity index (χ4n) is 1.61. The summed E-state index contributed by atoms with van der Waals surface area (Å²) in [6.45, 7) is 0. The molecule has 1 aromatic heterocycles. The smallest absolute Gasteiger partial charge is 0.308 e. The summed E-state index contributed by atoms with van der Waals surface area (Å²) in [4.78, 5) is 15.4. The Balaban J connectivity index is 2.15. The maximum Gasteiger partial charge on any atom is 0.419 e. The van der Waals surface area contributed by atoms with Crippen molar-refractivity contribution < 1.29 is 22.4 Å². The molecule has 2 amide bonds. The summed E-state index contributed by atoms with van der Waals surface area (Å²) in [7, 11) is 0. The first kappa shape index (κ1) is 16.0. The largest absolute Gasteiger partial charge is 0.419 e. The van der Waals surface area contributed by atoms with Gasteiger partial charge in [-0.05, 0) is 24.3 Å². The van der Waals surface area contributed by atoms with Crippen LogP contribution in [0.3, 0.4) is 0 Å². The van der Waals surface area contributed by atoms with Gasteiger partial charge in [-0.25, -0.2) is 14.2 Å². The number of nitrogens with zero attached hydrogens (tertiary/aromatic N) is 1. The minimum Gasteiger partial charge on any atom is -0.308 e. The maximum atomic E-state index is 13.7. The number of carbonyl (C=O) groups excluding carboxylic acids is 1. The predicted octanol–water partition coefficient (Wildman–Crippen LogP) is 4.54. The van der Waals surface area contributed by atoms with Gasteiger partial charge in [0.25, 0.3) is 0 Å². The lowest BCUT2D eigenvalue weighted by Gasteiger charge is -2.12. The van der Waals surface area contributed by atoms with Crippen LogP contribution in [0.4, 0.5) is 33.7 Å². The van der Waals surface area contributed by atoms with Crippen molar-refractivity contribution in [3.05, 3.63) is 53.1 Å². The van der Waals surface area contributed by atoms with Crippen LogP contribution in [0.5, 0.6) is 0 Å². The highest BCUT2D eigenvalue weighted by Gasteiger charge is 2.35. The summed E-state index contributed by atoms with van der Waals surface area (Å²) in [5.74, 6) is -1.56. The summed E-state index contributed by atoms with van der Waals surface area (Å²) >= 11 is 5.62. The second kappa shape index (κ2) is 6.18. The number of hydrogen-bond acceptors (Lipinski definition) is 2. The van der Waals surface area contributed by atoms with Crippen molar-refractivity contribution in [3.63, 3.8) is 0 Å². The average Bonchev–Trinajstić information content (AvgIpc) is 2.39. The number of urea groups is 1. The van der Waals surface area contributed by atoms with E-state index >= 15 is 0 Å². The summed E-state index contributed by atoms with van der Waals surface area (Å²) in [6.07, 6.45) is -3.53. The first-order valence-corrected chi connectivity index (χ1v) is 6.20. The first-order valence-electron chi connectivity index (χ1n) is 5.82. The van der Waals surface area contributed by atoms with Crippen LogP contribution in [0.15, 0.2) is 36.5 Å². The number of hydrogen-bond donors (Lipinski definition) is 2. The van der Waals surface area contributed by atoms with E-state index in [0.29, 0.717) is 6.07 Å². The Morgan fingerprint density at radius 3 is 2.55 bits per heavy atom. The Hall–Kier alpha value is -2.35. The summed E-state index contributed by atoms with van der Waals surface area (Å²) < 4.78 is 51.4. The van der Waals surface area contributed by atoms with E-state index in [0.717, 1.165) is 12.1 Å². The standard InChI is InChI=1S/C13H8ClF4N3O/c14-10-6-7(4-5-19-10)20-12(22)21-9-3-1-2-8(11(9)15)13(16,17)18/h1-6H,(H2,19,20,21,22). The zero-order chi connectivity index (χ0) is 16.3. The number of pyridine rings is 1. The van der Waals surface area contributed by atoms with Crippen molar-refractivity contribution in [1.82, 2.24) is 4.98 Å². The molecule has 2 rings (SSSR count). The lowest BCUT2D eigenvalue weighted by Crippen LogP contribution is -2.21. The van der Waals surface area contributed by atoms with Gasteiger partial charge < -0.3 is 10.6 Å². The second-order valence-corrected chi connectivity index (χ2v) is 4.50. The number of carbonyl (C=O) groups is 1. The molecule has 0 saturated carbocycles. The average molecular weight is 334 g/mol. The van der Waals surface area contributed by atoms with Gasteiger partial charge in [0.1, 0.15) is 5.15 Å². The molecule has 116 valence electrons. The Morgan fingerprint density at radius 2 is 1.91 bits per heavy atom. The van der Waals surface area contributed by atoms with Crippen LogP contribution in [0.1, 0.15) is 5.56 Å². The molecule has 4 nitrogen and oxygen atoms in total. The van der Waals surface area contributed by atoms with E-state index in [4.69, 9.17) is 11.6 Å². The lowest BCUT2D eigenvalue weighted by atomic mass is 10.2. The van der Waals surface area contributed by atoms with Crippen LogP contribution in [-0.2, 0) is 6.18 Å². The topological polar surface area (TPSA) is 54.0 Å². The fraction of sp³-hybridized carbons (Fsp3) is 0.0769. The van der Waals surface area contributed by atoms with Crippen LogP contribution in [-0.4, -0.2) is 11.0 Å². The molecule has 0 fully saturated rings. The van der Waals surface area contributed by atoms with E-state index in [1.807, 2.05) is 5.32 Å². The fourth-order valence-corrected chi connectivity index (χ4v) is 1.79. The Kier molecular flexibility index (Phi) is 4.51. The van der Waals surface area contributed by atoms with Gasteiger partial charge in [-0.15, -0.1) is 0 Å². The van der Waals surface area contributed by atoms with Gasteiger partial charge in [-0.1, -0.05) is 17.7 Å². The van der Waals surface area contributed by atoms with Gasteiger partial charge in [0, 0.05) is 11.9 Å². The van der Waals surface area contributed by atoms with Gasteiger partial charge in [0.2, 0.25) is 0 Å². The Labute approximate surface area is 127 Å². The number of alkyl halides is 3. The molecule has 1 heterocycles. The number of nitrogens with one attached hydrogen (secondary N) is 2. The highest BCUT2D eigenvalue weighted by molar-refractivity contribution is 6.29. The maximum absolute atomic E-state index is 13.7. The summed E-state index contributed by atoms with van der Waals surface area (Å²) in [5, 5.41) is 4.41. The molecule has 0 aliphatic carbocycles. The van der Waals surface area contributed by atoms with E-state index in [1.54, 1.807) is 0 Å². The van der Waals surface area contributed by atoms with Crippen LogP contribution in [0.25, 0.3) is 0 Å². The van der Waals surface area contributed by atoms with Gasteiger partial charge in [0.15, 0.2) is 5.82 Å². The Morgan fingerprint density at radius 1 is 1.18 bits per heavy atom. The molecule has 2 N–H and O–H groups in total. The zero-order valence-corrected chi connectivity index (χ0v) is 11.5. The first-order chi connectivity index (χ1) is 10.3. The van der Waals surface area contributed by atoms with Crippen molar-refractivity contribution in [2.24, 2.45) is 0 Å². The molecule has 0 radical (unpaired) electrons. The number of halogens is 5. The van der Waals surface area contributed by atoms with Crippen molar-refractivity contribution >= 4 is 29.0 Å². The molecular formula is C13H8ClF4N3O. The highest BCUT2D eigenvalue weighted by Crippen LogP contribution is 2.33. The van der Waals surface area contributed by atoms with Crippen LogP contribution in [0.2, 0.25) is 5.15 Å². The zero-order valence-electron chi connectivity index (χ0n) is 10.7. The predicted molar refractivity (Wildman–Crippen MR) is 73.3 cm³/mol.